The first-order valence-corrected chi connectivity index (χ1v) is 10.1. The van der Waals surface area contributed by atoms with E-state index in [0.717, 1.165) is 44.9 Å². The minimum atomic E-state index is -1.26. The van der Waals surface area contributed by atoms with E-state index in [0.29, 0.717) is 13.0 Å². The number of carbonyl (C=O) groups excluding carboxylic acids is 2. The van der Waals surface area contributed by atoms with Gasteiger partial charge in [-0.25, -0.2) is 14.4 Å². The molecule has 0 bridgehead atoms. The van der Waals surface area contributed by atoms with Gasteiger partial charge in [-0.2, -0.15) is 0 Å². The zero-order valence-electron chi connectivity index (χ0n) is 17.2. The van der Waals surface area contributed by atoms with Crippen molar-refractivity contribution in [1.82, 2.24) is 0 Å². The Balaban J connectivity index is 2.61. The topological polar surface area (TPSA) is 111 Å². The summed E-state index contributed by atoms with van der Waals surface area (Å²) in [6, 6.07) is 3.88. The summed E-state index contributed by atoms with van der Waals surface area (Å²) in [6.45, 7) is 4.67. The van der Waals surface area contributed by atoms with Gasteiger partial charge in [0.2, 0.25) is 0 Å². The molecule has 8 nitrogen and oxygen atoms in total. The summed E-state index contributed by atoms with van der Waals surface area (Å²) in [6.07, 6.45) is 6.03. The molecule has 29 heavy (non-hydrogen) atoms. The van der Waals surface area contributed by atoms with Crippen molar-refractivity contribution in [2.45, 2.75) is 65.2 Å². The van der Waals surface area contributed by atoms with Gasteiger partial charge >= 0.3 is 18.2 Å². The van der Waals surface area contributed by atoms with Gasteiger partial charge in [-0.15, -0.1) is 0 Å². The molecule has 1 aromatic carbocycles. The SMILES string of the molecule is CCCCCCOC(=O)Nc1ccc(C(=O)O)c(OC(=O)OCCCCCC)c1. The molecule has 0 spiro atoms. The Bertz CT molecular complexity index is 660. The fourth-order valence-electron chi connectivity index (χ4n) is 2.51. The number of ether oxygens (including phenoxy) is 3. The molecule has 0 fully saturated rings. The van der Waals surface area contributed by atoms with Crippen LogP contribution >= 0.6 is 0 Å². The van der Waals surface area contributed by atoms with Crippen LogP contribution in [-0.4, -0.2) is 36.5 Å². The van der Waals surface area contributed by atoms with Crippen LogP contribution in [0.4, 0.5) is 15.3 Å². The Kier molecular flexibility index (Phi) is 11.9. The Hall–Kier alpha value is -2.77. The molecule has 1 amide bonds. The fraction of sp³-hybridized carbons (Fsp3) is 0.571. The van der Waals surface area contributed by atoms with Gasteiger partial charge in [0, 0.05) is 11.8 Å². The summed E-state index contributed by atoms with van der Waals surface area (Å²) in [4.78, 5) is 35.0. The molecule has 0 heterocycles. The van der Waals surface area contributed by atoms with Crippen molar-refractivity contribution in [1.29, 1.82) is 0 Å². The first kappa shape index (κ1) is 24.3. The molecule has 0 saturated carbocycles. The molecule has 0 aliphatic carbocycles. The van der Waals surface area contributed by atoms with Crippen LogP contribution in [0.1, 0.15) is 75.6 Å². The van der Waals surface area contributed by atoms with Gasteiger partial charge in [-0.1, -0.05) is 52.4 Å². The molecular weight excluding hydrogens is 378 g/mol. The van der Waals surface area contributed by atoms with E-state index in [-0.39, 0.29) is 23.6 Å². The predicted molar refractivity (Wildman–Crippen MR) is 109 cm³/mol. The van der Waals surface area contributed by atoms with Gasteiger partial charge in [0.05, 0.1) is 13.2 Å². The van der Waals surface area contributed by atoms with Gasteiger partial charge in [0.15, 0.2) is 5.75 Å². The quantitative estimate of drug-likeness (QED) is 0.247. The summed E-state index contributed by atoms with van der Waals surface area (Å²) in [7, 11) is 0. The van der Waals surface area contributed by atoms with Crippen LogP contribution in [0.25, 0.3) is 0 Å². The number of carboxylic acids is 1. The summed E-state index contributed by atoms with van der Waals surface area (Å²) in [5.74, 6) is -1.47. The predicted octanol–water partition coefficient (Wildman–Crippen LogP) is 5.61. The van der Waals surface area contributed by atoms with Crippen LogP contribution in [-0.2, 0) is 9.47 Å². The number of carboxylic acid groups (broad SMARTS) is 1. The van der Waals surface area contributed by atoms with Crippen molar-refractivity contribution in [2.75, 3.05) is 18.5 Å². The van der Waals surface area contributed by atoms with Crippen molar-refractivity contribution in [3.05, 3.63) is 23.8 Å². The standard InChI is InChI=1S/C21H31NO7/c1-3-5-7-9-13-27-20(25)22-16-11-12-17(19(23)24)18(15-16)29-21(26)28-14-10-8-6-4-2/h11-12,15H,3-10,13-14H2,1-2H3,(H,22,25)(H,23,24). The number of hydrogen-bond acceptors (Lipinski definition) is 6. The van der Waals surface area contributed by atoms with Gasteiger partial charge in [0.1, 0.15) is 5.56 Å². The normalized spacial score (nSPS) is 10.3. The van der Waals surface area contributed by atoms with E-state index in [2.05, 4.69) is 19.2 Å². The minimum absolute atomic E-state index is 0.198. The van der Waals surface area contributed by atoms with Crippen LogP contribution < -0.4 is 10.1 Å². The largest absolute Gasteiger partial charge is 0.513 e. The van der Waals surface area contributed by atoms with Gasteiger partial charge in [0.25, 0.3) is 0 Å². The van der Waals surface area contributed by atoms with Crippen molar-refractivity contribution < 1.29 is 33.7 Å². The first-order chi connectivity index (χ1) is 14.0. The molecular formula is C21H31NO7. The summed E-state index contributed by atoms with van der Waals surface area (Å²) in [5.41, 5.74) is 0.0331. The third-order valence-electron chi connectivity index (χ3n) is 4.10. The van der Waals surface area contributed by atoms with E-state index in [1.54, 1.807) is 0 Å². The van der Waals surface area contributed by atoms with E-state index in [4.69, 9.17) is 14.2 Å². The van der Waals surface area contributed by atoms with Crippen LogP contribution in [0.5, 0.6) is 5.75 Å². The van der Waals surface area contributed by atoms with Crippen molar-refractivity contribution in [3.8, 4) is 5.75 Å². The molecule has 0 radical (unpaired) electrons. The van der Waals surface area contributed by atoms with E-state index in [1.165, 1.54) is 18.2 Å². The summed E-state index contributed by atoms with van der Waals surface area (Å²) >= 11 is 0. The molecule has 0 saturated heterocycles. The number of carbonyl (C=O) groups is 3. The maximum atomic E-state index is 11.8. The second-order valence-electron chi connectivity index (χ2n) is 6.60. The second-order valence-corrected chi connectivity index (χ2v) is 6.60. The Morgan fingerprint density at radius 1 is 0.897 bits per heavy atom. The molecule has 0 unspecified atom stereocenters. The van der Waals surface area contributed by atoms with E-state index in [9.17, 15) is 19.5 Å². The fourth-order valence-corrected chi connectivity index (χ4v) is 2.51. The third-order valence-corrected chi connectivity index (χ3v) is 4.10. The second kappa shape index (κ2) is 14.3. The van der Waals surface area contributed by atoms with Crippen LogP contribution in [0.2, 0.25) is 0 Å². The third kappa shape index (κ3) is 10.4. The monoisotopic (exact) mass is 409 g/mol. The zero-order chi connectivity index (χ0) is 21.5. The highest BCUT2D eigenvalue weighted by atomic mass is 16.7. The van der Waals surface area contributed by atoms with E-state index < -0.39 is 18.2 Å². The van der Waals surface area contributed by atoms with Crippen molar-refractivity contribution >= 4 is 23.9 Å². The van der Waals surface area contributed by atoms with E-state index in [1.807, 2.05) is 0 Å². The molecule has 0 aliphatic rings. The smallest absolute Gasteiger partial charge is 0.478 e. The van der Waals surface area contributed by atoms with Crippen LogP contribution in [0.3, 0.4) is 0 Å². The maximum absolute atomic E-state index is 11.8. The summed E-state index contributed by atoms with van der Waals surface area (Å²) < 4.78 is 15.1. The molecule has 0 aliphatic heterocycles. The lowest BCUT2D eigenvalue weighted by Gasteiger charge is -2.11. The molecule has 1 rings (SSSR count). The Labute approximate surface area is 171 Å². The van der Waals surface area contributed by atoms with Gasteiger partial charge < -0.3 is 19.3 Å². The number of aromatic carboxylic acids is 1. The number of anilines is 1. The molecule has 1 aromatic rings. The lowest BCUT2D eigenvalue weighted by Crippen LogP contribution is -2.16. The van der Waals surface area contributed by atoms with Crippen LogP contribution in [0.15, 0.2) is 18.2 Å². The molecule has 8 heteroatoms. The highest BCUT2D eigenvalue weighted by Gasteiger charge is 2.17. The lowest BCUT2D eigenvalue weighted by molar-refractivity contribution is 0.0689. The minimum Gasteiger partial charge on any atom is -0.478 e. The van der Waals surface area contributed by atoms with Crippen molar-refractivity contribution in [2.24, 2.45) is 0 Å². The molecule has 2 N–H and O–H groups in total. The molecule has 162 valence electrons. The number of nitrogens with one attached hydrogen (secondary N) is 1. The van der Waals surface area contributed by atoms with Crippen LogP contribution in [0, 0.1) is 0 Å². The maximum Gasteiger partial charge on any atom is 0.513 e. The highest BCUT2D eigenvalue weighted by Crippen LogP contribution is 2.24. The molecule has 0 aromatic heterocycles. The number of benzene rings is 1. The number of unbranched alkanes of at least 4 members (excludes halogenated alkanes) is 6. The highest BCUT2D eigenvalue weighted by molar-refractivity contribution is 5.93. The first-order valence-electron chi connectivity index (χ1n) is 10.1. The number of rotatable bonds is 13. The van der Waals surface area contributed by atoms with Gasteiger partial charge in [-0.3, -0.25) is 5.32 Å². The zero-order valence-corrected chi connectivity index (χ0v) is 17.2. The average Bonchev–Trinajstić information content (AvgIpc) is 2.67. The molecule has 0 atom stereocenters. The lowest BCUT2D eigenvalue weighted by atomic mass is 10.2. The van der Waals surface area contributed by atoms with E-state index >= 15 is 0 Å². The Morgan fingerprint density at radius 3 is 2.10 bits per heavy atom. The van der Waals surface area contributed by atoms with Crippen molar-refractivity contribution in [3.63, 3.8) is 0 Å². The van der Waals surface area contributed by atoms with Gasteiger partial charge in [-0.05, 0) is 25.0 Å². The number of amides is 1. The Morgan fingerprint density at radius 2 is 1.52 bits per heavy atom. The average molecular weight is 409 g/mol. The summed E-state index contributed by atoms with van der Waals surface area (Å²) in [5, 5.41) is 11.8. The number of hydrogen-bond donors (Lipinski definition) is 2.